The van der Waals surface area contributed by atoms with E-state index < -0.39 is 29.4 Å². The van der Waals surface area contributed by atoms with Crippen molar-refractivity contribution in [1.29, 1.82) is 0 Å². The van der Waals surface area contributed by atoms with Crippen molar-refractivity contribution in [3.8, 4) is 0 Å². The number of carbonyl (C=O) groups is 3. The average molecular weight is 507 g/mol. The highest BCUT2D eigenvalue weighted by molar-refractivity contribution is 7.99. The molecule has 6 N–H and O–H groups in total. The van der Waals surface area contributed by atoms with E-state index in [0.29, 0.717) is 22.8 Å². The number of ether oxygens (including phenoxy) is 2. The molecule has 1 amide bonds. The summed E-state index contributed by atoms with van der Waals surface area (Å²) >= 11 is 1.29. The van der Waals surface area contributed by atoms with E-state index in [2.05, 4.69) is 15.6 Å². The maximum Gasteiger partial charge on any atom is 0.328 e. The highest BCUT2D eigenvalue weighted by Crippen LogP contribution is 2.14. The van der Waals surface area contributed by atoms with Gasteiger partial charge in [0.05, 0.1) is 24.3 Å². The summed E-state index contributed by atoms with van der Waals surface area (Å²) in [5.74, 6) is 4.49. The molecule has 0 saturated heterocycles. The van der Waals surface area contributed by atoms with Crippen molar-refractivity contribution in [3.63, 3.8) is 0 Å². The lowest BCUT2D eigenvalue weighted by molar-refractivity contribution is -0.146. The van der Waals surface area contributed by atoms with E-state index in [0.717, 1.165) is 10.4 Å². The molecule has 35 heavy (non-hydrogen) atoms. The molecule has 0 radical (unpaired) electrons. The smallest absolute Gasteiger partial charge is 0.328 e. The predicted octanol–water partition coefficient (Wildman–Crippen LogP) is 0.748. The Labute approximate surface area is 206 Å². The summed E-state index contributed by atoms with van der Waals surface area (Å²) < 4.78 is 10.7. The Morgan fingerprint density at radius 1 is 1.14 bits per heavy atom. The van der Waals surface area contributed by atoms with Crippen molar-refractivity contribution >= 4 is 41.2 Å². The molecule has 2 rings (SSSR count). The fourth-order valence-corrected chi connectivity index (χ4v) is 3.66. The number of nitrogen functional groups attached to an aromatic ring is 2. The Hall–Kier alpha value is -3.74. The van der Waals surface area contributed by atoms with Crippen molar-refractivity contribution in [1.82, 2.24) is 15.0 Å². The Bertz CT molecular complexity index is 1080. The minimum atomic E-state index is -0.970. The molecule has 1 aromatic carbocycles. The van der Waals surface area contributed by atoms with Crippen LogP contribution in [0.5, 0.6) is 0 Å². The fraction of sp³-hybridized carbons (Fsp3) is 0.409. The van der Waals surface area contributed by atoms with Crippen LogP contribution in [-0.2, 0) is 19.1 Å². The number of rotatable bonds is 13. The van der Waals surface area contributed by atoms with Crippen LogP contribution in [0.25, 0.3) is 0 Å². The SMILES string of the molecule is CCOC(=O)CC[C@H](NC(=O)c1ccc(NCCSc2cnc(N)n(N)c2=O)cc1)C(=O)OCC. The molecule has 13 heteroatoms. The Kier molecular flexibility index (Phi) is 10.9. The molecule has 0 aliphatic heterocycles. The van der Waals surface area contributed by atoms with Gasteiger partial charge in [-0.15, -0.1) is 11.8 Å². The molecule has 0 unspecified atom stereocenters. The Balaban J connectivity index is 1.88. The number of nitrogens with zero attached hydrogens (tertiary/aromatic N) is 2. The number of hydrogen-bond donors (Lipinski definition) is 4. The molecule has 190 valence electrons. The quantitative estimate of drug-likeness (QED) is 0.130. The third-order valence-electron chi connectivity index (χ3n) is 4.65. The number of carbonyl (C=O) groups excluding carboxylic acids is 3. The monoisotopic (exact) mass is 506 g/mol. The third-order valence-corrected chi connectivity index (χ3v) is 5.64. The van der Waals surface area contributed by atoms with Crippen LogP contribution in [0.3, 0.4) is 0 Å². The second-order valence-electron chi connectivity index (χ2n) is 7.13. The number of amides is 1. The number of benzene rings is 1. The summed E-state index contributed by atoms with van der Waals surface area (Å²) in [7, 11) is 0. The van der Waals surface area contributed by atoms with Crippen LogP contribution < -0.4 is 27.8 Å². The summed E-state index contributed by atoms with van der Waals surface area (Å²) in [6, 6.07) is 5.68. The predicted molar refractivity (Wildman–Crippen MR) is 132 cm³/mol. The highest BCUT2D eigenvalue weighted by Gasteiger charge is 2.24. The average Bonchev–Trinajstić information content (AvgIpc) is 2.84. The zero-order valence-electron chi connectivity index (χ0n) is 19.6. The number of nitrogens with one attached hydrogen (secondary N) is 2. The number of anilines is 2. The first-order chi connectivity index (χ1) is 16.8. The molecular weight excluding hydrogens is 476 g/mol. The summed E-state index contributed by atoms with van der Waals surface area (Å²) in [5, 5.41) is 5.80. The highest BCUT2D eigenvalue weighted by atomic mass is 32.2. The van der Waals surface area contributed by atoms with Crippen LogP contribution >= 0.6 is 11.8 Å². The Morgan fingerprint density at radius 3 is 2.49 bits per heavy atom. The van der Waals surface area contributed by atoms with Gasteiger partial charge in [0.1, 0.15) is 6.04 Å². The van der Waals surface area contributed by atoms with Crippen LogP contribution in [0, 0.1) is 0 Å². The van der Waals surface area contributed by atoms with E-state index in [9.17, 15) is 19.2 Å². The molecule has 1 heterocycles. The summed E-state index contributed by atoms with van der Waals surface area (Å²) in [5.41, 5.74) is 6.17. The van der Waals surface area contributed by atoms with Gasteiger partial charge in [0.2, 0.25) is 5.95 Å². The van der Waals surface area contributed by atoms with E-state index in [1.165, 1.54) is 18.0 Å². The minimum Gasteiger partial charge on any atom is -0.466 e. The second-order valence-corrected chi connectivity index (χ2v) is 8.27. The van der Waals surface area contributed by atoms with Gasteiger partial charge in [0.15, 0.2) is 0 Å². The molecule has 0 saturated carbocycles. The summed E-state index contributed by atoms with van der Waals surface area (Å²) in [4.78, 5) is 52.7. The van der Waals surface area contributed by atoms with Gasteiger partial charge in [0, 0.05) is 30.0 Å². The van der Waals surface area contributed by atoms with Crippen LogP contribution in [-0.4, -0.2) is 59.1 Å². The lowest BCUT2D eigenvalue weighted by Crippen LogP contribution is -2.42. The second kappa shape index (κ2) is 13.8. The number of hydrogen-bond acceptors (Lipinski definition) is 11. The van der Waals surface area contributed by atoms with E-state index in [1.54, 1.807) is 38.1 Å². The maximum atomic E-state index is 12.6. The van der Waals surface area contributed by atoms with Gasteiger partial charge in [-0.05, 0) is 44.5 Å². The van der Waals surface area contributed by atoms with Gasteiger partial charge in [-0.2, -0.15) is 4.68 Å². The molecule has 2 aromatic rings. The molecule has 0 bridgehead atoms. The molecule has 12 nitrogen and oxygen atoms in total. The number of aromatic nitrogens is 2. The summed E-state index contributed by atoms with van der Waals surface area (Å²) in [6.45, 7) is 4.27. The van der Waals surface area contributed by atoms with Gasteiger partial charge in [-0.3, -0.25) is 14.4 Å². The van der Waals surface area contributed by atoms with Gasteiger partial charge in [0.25, 0.3) is 11.5 Å². The number of thioether (sulfide) groups is 1. The van der Waals surface area contributed by atoms with E-state index in [-0.39, 0.29) is 32.0 Å². The normalized spacial score (nSPS) is 11.4. The van der Waals surface area contributed by atoms with Crippen LogP contribution in [0.4, 0.5) is 11.6 Å². The van der Waals surface area contributed by atoms with Gasteiger partial charge in [-0.1, -0.05) is 0 Å². The first-order valence-electron chi connectivity index (χ1n) is 11.0. The third kappa shape index (κ3) is 8.52. The molecule has 1 atom stereocenters. The molecule has 0 spiro atoms. The fourth-order valence-electron chi connectivity index (χ4n) is 2.89. The van der Waals surface area contributed by atoms with Crippen molar-refractivity contribution in [2.75, 3.05) is 42.4 Å². The van der Waals surface area contributed by atoms with Gasteiger partial charge >= 0.3 is 11.9 Å². The standard InChI is InChI=1S/C22H30N6O6S/c1-3-33-18(29)10-9-16(21(32)34-4-2)27-19(30)14-5-7-15(8-6-14)25-11-12-35-17-13-26-22(23)28(24)20(17)31/h5-8,13,16,25H,3-4,9-12,24H2,1-2H3,(H2,23,26)(H,27,30)/t16-/m0/s1. The largest absolute Gasteiger partial charge is 0.466 e. The maximum absolute atomic E-state index is 12.6. The molecular formula is C22H30N6O6S. The van der Waals surface area contributed by atoms with Gasteiger partial charge in [-0.25, -0.2) is 9.78 Å². The lowest BCUT2D eigenvalue weighted by Gasteiger charge is -2.17. The van der Waals surface area contributed by atoms with Crippen molar-refractivity contribution < 1.29 is 23.9 Å². The van der Waals surface area contributed by atoms with Crippen molar-refractivity contribution in [3.05, 3.63) is 46.4 Å². The van der Waals surface area contributed by atoms with Crippen molar-refractivity contribution in [2.45, 2.75) is 37.6 Å². The molecule has 0 aliphatic rings. The zero-order chi connectivity index (χ0) is 25.8. The topological polar surface area (TPSA) is 181 Å². The number of esters is 2. The molecule has 1 aromatic heterocycles. The van der Waals surface area contributed by atoms with E-state index in [4.69, 9.17) is 21.1 Å². The van der Waals surface area contributed by atoms with E-state index in [1.807, 2.05) is 0 Å². The summed E-state index contributed by atoms with van der Waals surface area (Å²) in [6.07, 6.45) is 1.43. The first-order valence-corrected chi connectivity index (χ1v) is 12.0. The zero-order valence-corrected chi connectivity index (χ0v) is 20.4. The Morgan fingerprint density at radius 2 is 1.83 bits per heavy atom. The minimum absolute atomic E-state index is 0.0238. The number of nitrogens with two attached hydrogens (primary N) is 2. The van der Waals surface area contributed by atoms with Crippen LogP contribution in [0.1, 0.15) is 37.0 Å². The molecule has 0 fully saturated rings. The van der Waals surface area contributed by atoms with Crippen LogP contribution in [0.2, 0.25) is 0 Å². The lowest BCUT2D eigenvalue weighted by atomic mass is 10.1. The first kappa shape index (κ1) is 27.5. The van der Waals surface area contributed by atoms with Crippen molar-refractivity contribution in [2.24, 2.45) is 0 Å². The molecule has 0 aliphatic carbocycles. The van der Waals surface area contributed by atoms with E-state index >= 15 is 0 Å². The van der Waals surface area contributed by atoms with Crippen LogP contribution in [0.15, 0.2) is 40.2 Å². The van der Waals surface area contributed by atoms with Gasteiger partial charge < -0.3 is 31.7 Å².